The molecule has 0 radical (unpaired) electrons. The molecule has 0 spiro atoms. The second-order valence-corrected chi connectivity index (χ2v) is 8.69. The maximum Gasteiger partial charge on any atom is 0.186 e. The van der Waals surface area contributed by atoms with E-state index in [0.29, 0.717) is 18.9 Å². The van der Waals surface area contributed by atoms with Gasteiger partial charge in [-0.05, 0) is 37.0 Å². The summed E-state index contributed by atoms with van der Waals surface area (Å²) in [5.41, 5.74) is 3.37. The molecule has 27 heavy (non-hydrogen) atoms. The maximum atomic E-state index is 13.4. The van der Waals surface area contributed by atoms with Gasteiger partial charge in [0, 0.05) is 51.0 Å². The molecular weight excluding hydrogens is 361 g/mol. The van der Waals surface area contributed by atoms with Crippen LogP contribution >= 0.6 is 11.3 Å². The van der Waals surface area contributed by atoms with Gasteiger partial charge >= 0.3 is 0 Å². The number of nitrogens with zero attached hydrogens (tertiary/aromatic N) is 5. The molecule has 1 atom stereocenters. The van der Waals surface area contributed by atoms with E-state index in [2.05, 4.69) is 33.1 Å². The smallest absolute Gasteiger partial charge is 0.186 e. The monoisotopic (exact) mass is 385 g/mol. The molecule has 2 saturated heterocycles. The predicted molar refractivity (Wildman–Crippen MR) is 108 cm³/mol. The summed E-state index contributed by atoms with van der Waals surface area (Å²) in [6, 6.07) is 6.98. The van der Waals surface area contributed by atoms with E-state index in [0.717, 1.165) is 48.8 Å². The minimum atomic E-state index is -0.600. The summed E-state index contributed by atoms with van der Waals surface area (Å²) in [4.78, 5) is 9.75. The van der Waals surface area contributed by atoms with E-state index in [1.165, 1.54) is 10.3 Å². The molecule has 4 heterocycles. The summed E-state index contributed by atoms with van der Waals surface area (Å²) in [6.45, 7) is 3.84. The Morgan fingerprint density at radius 1 is 1.11 bits per heavy atom. The normalized spacial score (nSPS) is 22.1. The molecule has 142 valence electrons. The molecule has 0 aliphatic carbocycles. The summed E-state index contributed by atoms with van der Waals surface area (Å²) in [6.07, 6.45) is 5.86. The summed E-state index contributed by atoms with van der Waals surface area (Å²) in [7, 11) is 1.94. The van der Waals surface area contributed by atoms with Crippen LogP contribution in [0.25, 0.3) is 21.3 Å². The molecule has 2 fully saturated rings. The molecule has 2 aliphatic rings. The Morgan fingerprint density at radius 2 is 1.96 bits per heavy atom. The van der Waals surface area contributed by atoms with Crippen molar-refractivity contribution in [3.63, 3.8) is 0 Å². The topological polar surface area (TPSA) is 37.2 Å². The molecule has 5 nitrogen and oxygen atoms in total. The zero-order valence-electron chi connectivity index (χ0n) is 15.5. The van der Waals surface area contributed by atoms with Crippen molar-refractivity contribution >= 4 is 26.7 Å². The zero-order chi connectivity index (χ0) is 18.4. The van der Waals surface area contributed by atoms with Crippen LogP contribution in [0.3, 0.4) is 0 Å². The van der Waals surface area contributed by atoms with Crippen LogP contribution in [0.2, 0.25) is 0 Å². The van der Waals surface area contributed by atoms with Crippen molar-refractivity contribution in [3.8, 4) is 11.1 Å². The van der Waals surface area contributed by atoms with Gasteiger partial charge in [0.2, 0.25) is 0 Å². The number of anilines is 1. The molecule has 1 aromatic carbocycles. The van der Waals surface area contributed by atoms with E-state index < -0.39 is 6.17 Å². The Labute approximate surface area is 162 Å². The van der Waals surface area contributed by atoms with E-state index in [9.17, 15) is 4.39 Å². The van der Waals surface area contributed by atoms with Gasteiger partial charge in [0.1, 0.15) is 6.17 Å². The SMILES string of the molecule is Cn1cc(-c2ccc3nc(N4CCC(N5CCC(F)CC5)C4)sc3c2)cn1. The fourth-order valence-electron chi connectivity index (χ4n) is 4.24. The number of fused-ring (bicyclic) bond motifs is 1. The predicted octanol–water partition coefficient (Wildman–Crippen LogP) is 3.71. The Hall–Kier alpha value is -1.99. The first-order valence-electron chi connectivity index (χ1n) is 9.68. The second kappa shape index (κ2) is 6.87. The molecular formula is C20H24FN5S. The number of alkyl halides is 1. The van der Waals surface area contributed by atoms with E-state index in [1.807, 2.05) is 24.1 Å². The molecule has 2 aliphatic heterocycles. The Bertz CT molecular complexity index is 943. The highest BCUT2D eigenvalue weighted by Gasteiger charge is 2.31. The molecule has 0 N–H and O–H groups in total. The van der Waals surface area contributed by atoms with Gasteiger partial charge in [-0.25, -0.2) is 9.37 Å². The molecule has 5 rings (SSSR count). The zero-order valence-corrected chi connectivity index (χ0v) is 16.3. The molecule has 1 unspecified atom stereocenters. The van der Waals surface area contributed by atoms with Crippen LogP contribution < -0.4 is 4.90 Å². The van der Waals surface area contributed by atoms with Gasteiger partial charge in [-0.2, -0.15) is 5.10 Å². The molecule has 7 heteroatoms. The largest absolute Gasteiger partial charge is 0.346 e. The van der Waals surface area contributed by atoms with E-state index in [4.69, 9.17) is 4.98 Å². The van der Waals surface area contributed by atoms with Crippen LogP contribution in [0.4, 0.5) is 9.52 Å². The maximum absolute atomic E-state index is 13.4. The van der Waals surface area contributed by atoms with Gasteiger partial charge in [0.05, 0.1) is 16.4 Å². The summed E-state index contributed by atoms with van der Waals surface area (Å²) >= 11 is 1.77. The lowest BCUT2D eigenvalue weighted by molar-refractivity contribution is 0.119. The lowest BCUT2D eigenvalue weighted by Gasteiger charge is -2.33. The van der Waals surface area contributed by atoms with Gasteiger partial charge in [-0.15, -0.1) is 0 Å². The lowest BCUT2D eigenvalue weighted by Crippen LogP contribution is -2.43. The highest BCUT2D eigenvalue weighted by Crippen LogP contribution is 2.34. The number of rotatable bonds is 3. The Balaban J connectivity index is 1.33. The van der Waals surface area contributed by atoms with Gasteiger partial charge in [0.15, 0.2) is 5.13 Å². The lowest BCUT2D eigenvalue weighted by atomic mass is 10.1. The van der Waals surface area contributed by atoms with Crippen LogP contribution in [0, 0.1) is 0 Å². The van der Waals surface area contributed by atoms with Crippen molar-refractivity contribution < 1.29 is 4.39 Å². The van der Waals surface area contributed by atoms with Crippen molar-refractivity contribution in [1.29, 1.82) is 0 Å². The summed E-state index contributed by atoms with van der Waals surface area (Å²) in [5, 5.41) is 5.37. The number of aromatic nitrogens is 3. The summed E-state index contributed by atoms with van der Waals surface area (Å²) < 4.78 is 16.5. The van der Waals surface area contributed by atoms with Crippen LogP contribution in [0.15, 0.2) is 30.6 Å². The van der Waals surface area contributed by atoms with E-state index in [-0.39, 0.29) is 0 Å². The third-order valence-electron chi connectivity index (χ3n) is 5.82. The number of likely N-dealkylation sites (tertiary alicyclic amines) is 1. The third kappa shape index (κ3) is 3.34. The van der Waals surface area contributed by atoms with E-state index in [1.54, 1.807) is 11.3 Å². The fourth-order valence-corrected chi connectivity index (χ4v) is 5.28. The van der Waals surface area contributed by atoms with Gasteiger partial charge in [0.25, 0.3) is 0 Å². The highest BCUT2D eigenvalue weighted by molar-refractivity contribution is 7.22. The number of hydrogen-bond acceptors (Lipinski definition) is 5. The highest BCUT2D eigenvalue weighted by atomic mass is 32.1. The van der Waals surface area contributed by atoms with Crippen molar-refractivity contribution in [1.82, 2.24) is 19.7 Å². The number of thiazole rings is 1. The first kappa shape index (κ1) is 17.1. The summed E-state index contributed by atoms with van der Waals surface area (Å²) in [5.74, 6) is 0. The van der Waals surface area contributed by atoms with Crippen LogP contribution in [0.1, 0.15) is 19.3 Å². The second-order valence-electron chi connectivity index (χ2n) is 7.68. The molecule has 2 aromatic heterocycles. The molecule has 0 bridgehead atoms. The number of hydrogen-bond donors (Lipinski definition) is 0. The average Bonchev–Trinajstić information content (AvgIpc) is 3.40. The van der Waals surface area contributed by atoms with Crippen LogP contribution in [-0.2, 0) is 7.05 Å². The molecule has 0 saturated carbocycles. The van der Waals surface area contributed by atoms with E-state index >= 15 is 0 Å². The quantitative estimate of drug-likeness (QED) is 0.689. The standard InChI is InChI=1S/C20H24FN5S/c1-24-12-15(11-22-24)14-2-3-18-19(10-14)27-20(23-18)26-9-6-17(13-26)25-7-4-16(21)5-8-25/h2-3,10-12,16-17H,4-9,13H2,1H3. The minimum Gasteiger partial charge on any atom is -0.346 e. The van der Waals surface area contributed by atoms with Gasteiger partial charge < -0.3 is 4.90 Å². The van der Waals surface area contributed by atoms with Crippen molar-refractivity contribution in [2.75, 3.05) is 31.1 Å². The van der Waals surface area contributed by atoms with Crippen molar-refractivity contribution in [2.45, 2.75) is 31.5 Å². The van der Waals surface area contributed by atoms with Crippen LogP contribution in [-0.4, -0.2) is 58.1 Å². The number of piperidine rings is 1. The number of halogens is 1. The molecule has 0 amide bonds. The first-order valence-corrected chi connectivity index (χ1v) is 10.5. The third-order valence-corrected chi connectivity index (χ3v) is 6.90. The number of benzene rings is 1. The number of aryl methyl sites for hydroxylation is 1. The fraction of sp³-hybridized carbons (Fsp3) is 0.500. The van der Waals surface area contributed by atoms with Crippen molar-refractivity contribution in [2.24, 2.45) is 7.05 Å². The van der Waals surface area contributed by atoms with Crippen molar-refractivity contribution in [3.05, 3.63) is 30.6 Å². The molecule has 3 aromatic rings. The average molecular weight is 386 g/mol. The first-order chi connectivity index (χ1) is 13.2. The van der Waals surface area contributed by atoms with Gasteiger partial charge in [-0.1, -0.05) is 17.4 Å². The minimum absolute atomic E-state index is 0.537. The van der Waals surface area contributed by atoms with Crippen LogP contribution in [0.5, 0.6) is 0 Å². The Kier molecular flexibility index (Phi) is 4.36. The van der Waals surface area contributed by atoms with Gasteiger partial charge in [-0.3, -0.25) is 9.58 Å². The Morgan fingerprint density at radius 3 is 2.74 bits per heavy atom.